The molecule has 12 heteroatoms. The Bertz CT molecular complexity index is 1570. The molecule has 5 rings (SSSR count). The molecule has 0 aliphatic carbocycles. The summed E-state index contributed by atoms with van der Waals surface area (Å²) in [5, 5.41) is 0.610. The molecule has 1 unspecified atom stereocenters. The zero-order valence-electron chi connectivity index (χ0n) is 23.1. The van der Waals surface area contributed by atoms with Crippen molar-refractivity contribution in [1.82, 2.24) is 14.3 Å². The number of likely N-dealkylation sites (tertiary alicyclic amines) is 1. The van der Waals surface area contributed by atoms with Crippen molar-refractivity contribution < 1.29 is 17.9 Å². The Balaban J connectivity index is 1.37. The van der Waals surface area contributed by atoms with Gasteiger partial charge in [0.25, 0.3) is 10.0 Å². The van der Waals surface area contributed by atoms with E-state index in [0.717, 1.165) is 43.3 Å². The molecule has 0 amide bonds. The molecule has 0 spiro atoms. The van der Waals surface area contributed by atoms with Gasteiger partial charge in [0.05, 0.1) is 36.4 Å². The molecule has 3 aromatic carbocycles. The van der Waals surface area contributed by atoms with Crippen molar-refractivity contribution in [2.24, 2.45) is 0 Å². The van der Waals surface area contributed by atoms with Crippen LogP contribution in [0.1, 0.15) is 17.5 Å². The molecule has 1 aliphatic heterocycles. The lowest BCUT2D eigenvalue weighted by molar-refractivity contribution is 0.326. The van der Waals surface area contributed by atoms with Crippen LogP contribution in [-0.4, -0.2) is 63.1 Å². The van der Waals surface area contributed by atoms with Crippen molar-refractivity contribution in [2.75, 3.05) is 43.6 Å². The Morgan fingerprint density at radius 3 is 2.56 bits per heavy atom. The predicted octanol–water partition coefficient (Wildman–Crippen LogP) is 5.31. The molecular weight excluding hydrogens is 582 g/mol. The third-order valence-corrected chi connectivity index (χ3v) is 10.1. The molecule has 1 fully saturated rings. The number of rotatable bonds is 11. The van der Waals surface area contributed by atoms with Gasteiger partial charge in [-0.05, 0) is 42.3 Å². The van der Waals surface area contributed by atoms with E-state index in [4.69, 9.17) is 21.1 Å². The lowest BCUT2D eigenvalue weighted by Gasteiger charge is -2.28. The highest BCUT2D eigenvalue weighted by atomic mass is 35.5. The summed E-state index contributed by atoms with van der Waals surface area (Å²) in [5.74, 6) is 1.11. The molecule has 4 aromatic rings. The Kier molecular flexibility index (Phi) is 8.98. The van der Waals surface area contributed by atoms with E-state index < -0.39 is 10.0 Å². The van der Waals surface area contributed by atoms with Gasteiger partial charge in [-0.1, -0.05) is 41.9 Å². The number of methoxy groups -OCH3 is 2. The SMILES string of the molecule is COc1ccc(CN(c2ncns2)S(=O)(=O)c2ccc(N(C)C3CCN(Cc4ccccc4)C3)c(Cl)c2)c(OC)c1. The Morgan fingerprint density at radius 1 is 1.07 bits per heavy atom. The Morgan fingerprint density at radius 2 is 1.88 bits per heavy atom. The van der Waals surface area contributed by atoms with Gasteiger partial charge in [0.15, 0.2) is 0 Å². The van der Waals surface area contributed by atoms with Crippen LogP contribution in [0, 0.1) is 0 Å². The first kappa shape index (κ1) is 29.1. The molecule has 0 saturated carbocycles. The first-order valence-electron chi connectivity index (χ1n) is 13.1. The van der Waals surface area contributed by atoms with Crippen LogP contribution in [0.5, 0.6) is 11.5 Å². The quantitative estimate of drug-likeness (QED) is 0.225. The molecule has 0 N–H and O–H groups in total. The van der Waals surface area contributed by atoms with E-state index in [1.807, 2.05) is 13.1 Å². The highest BCUT2D eigenvalue weighted by molar-refractivity contribution is 7.93. The standard InChI is InChI=1S/C29H32ClN5O4S2/c1-33(23-13-14-34(19-23)17-21-7-5-4-6-8-21)27-12-11-25(16-26(27)30)41(36,37)35(29-31-20-32-40-29)18-22-9-10-24(38-2)15-28(22)39-3/h4-12,15-16,20,23H,13-14,17-19H2,1-3H3. The molecule has 41 heavy (non-hydrogen) atoms. The predicted molar refractivity (Wildman–Crippen MR) is 163 cm³/mol. The molecule has 0 bridgehead atoms. The highest BCUT2D eigenvalue weighted by Gasteiger charge is 2.31. The maximum atomic E-state index is 14.0. The average molecular weight is 614 g/mol. The zero-order chi connectivity index (χ0) is 29.0. The largest absolute Gasteiger partial charge is 0.497 e. The fourth-order valence-corrected chi connectivity index (χ4v) is 7.58. The molecule has 1 atom stereocenters. The van der Waals surface area contributed by atoms with Crippen molar-refractivity contribution in [2.45, 2.75) is 30.4 Å². The highest BCUT2D eigenvalue weighted by Crippen LogP contribution is 2.35. The minimum absolute atomic E-state index is 0.0106. The first-order chi connectivity index (χ1) is 19.8. The van der Waals surface area contributed by atoms with Gasteiger partial charge >= 0.3 is 0 Å². The summed E-state index contributed by atoms with van der Waals surface area (Å²) in [6, 6.07) is 20.8. The summed E-state index contributed by atoms with van der Waals surface area (Å²) >= 11 is 7.75. The third-order valence-electron chi connectivity index (χ3n) is 7.30. The second-order valence-electron chi connectivity index (χ2n) is 9.80. The van der Waals surface area contributed by atoms with Crippen molar-refractivity contribution in [3.8, 4) is 11.5 Å². The van der Waals surface area contributed by atoms with Crippen molar-refractivity contribution >= 4 is 44.0 Å². The molecule has 1 saturated heterocycles. The van der Waals surface area contributed by atoms with Crippen molar-refractivity contribution in [3.63, 3.8) is 0 Å². The number of nitrogens with zero attached hydrogens (tertiary/aromatic N) is 5. The van der Waals surface area contributed by atoms with E-state index in [0.29, 0.717) is 22.1 Å². The molecule has 0 radical (unpaired) electrons. The second kappa shape index (κ2) is 12.6. The number of aromatic nitrogens is 2. The molecule has 2 heterocycles. The summed E-state index contributed by atoms with van der Waals surface area (Å²) in [6.07, 6.45) is 2.33. The summed E-state index contributed by atoms with van der Waals surface area (Å²) in [6.45, 7) is 2.77. The Hall–Kier alpha value is -3.38. The van der Waals surface area contributed by atoms with Crippen LogP contribution in [0.3, 0.4) is 0 Å². The molecule has 1 aromatic heterocycles. The van der Waals surface area contributed by atoms with Crippen molar-refractivity contribution in [3.05, 3.63) is 89.2 Å². The van der Waals surface area contributed by atoms with E-state index in [9.17, 15) is 8.42 Å². The van der Waals surface area contributed by atoms with Gasteiger partial charge in [0, 0.05) is 55.9 Å². The van der Waals surface area contributed by atoms with E-state index >= 15 is 0 Å². The molecule has 9 nitrogen and oxygen atoms in total. The summed E-state index contributed by atoms with van der Waals surface area (Å²) < 4.78 is 44.0. The van der Waals surface area contributed by atoms with Gasteiger partial charge in [-0.15, -0.1) is 0 Å². The van der Waals surface area contributed by atoms with Crippen LogP contribution in [0.25, 0.3) is 0 Å². The fourth-order valence-electron chi connectivity index (χ4n) is 5.04. The molecule has 1 aliphatic rings. The number of benzene rings is 3. The number of halogens is 1. The smallest absolute Gasteiger partial charge is 0.266 e. The van der Waals surface area contributed by atoms with Crippen LogP contribution >= 0.6 is 23.1 Å². The van der Waals surface area contributed by atoms with Crippen LogP contribution in [-0.2, 0) is 23.1 Å². The van der Waals surface area contributed by atoms with E-state index in [-0.39, 0.29) is 22.6 Å². The van der Waals surface area contributed by atoms with Crippen molar-refractivity contribution in [1.29, 1.82) is 0 Å². The maximum Gasteiger partial charge on any atom is 0.266 e. The maximum absolute atomic E-state index is 14.0. The second-order valence-corrected chi connectivity index (χ2v) is 12.8. The number of sulfonamides is 1. The minimum Gasteiger partial charge on any atom is -0.497 e. The number of hydrogen-bond acceptors (Lipinski definition) is 9. The van der Waals surface area contributed by atoms with E-state index in [1.165, 1.54) is 29.4 Å². The third kappa shape index (κ3) is 6.43. The number of anilines is 2. The van der Waals surface area contributed by atoms with Gasteiger partial charge in [0.1, 0.15) is 17.8 Å². The van der Waals surface area contributed by atoms with E-state index in [2.05, 4.69) is 43.4 Å². The van der Waals surface area contributed by atoms with Gasteiger partial charge < -0.3 is 14.4 Å². The summed E-state index contributed by atoms with van der Waals surface area (Å²) in [7, 11) is 1.05. The zero-order valence-corrected chi connectivity index (χ0v) is 25.5. The normalized spacial score (nSPS) is 15.6. The van der Waals surface area contributed by atoms with Crippen LogP contribution in [0.15, 0.2) is 78.0 Å². The van der Waals surface area contributed by atoms with Gasteiger partial charge in [-0.3, -0.25) is 4.90 Å². The lowest BCUT2D eigenvalue weighted by Crippen LogP contribution is -2.34. The van der Waals surface area contributed by atoms with Gasteiger partial charge in [-0.2, -0.15) is 4.37 Å². The summed E-state index contributed by atoms with van der Waals surface area (Å²) in [5.41, 5.74) is 2.72. The number of ether oxygens (including phenoxy) is 2. The van der Waals surface area contributed by atoms with Gasteiger partial charge in [-0.25, -0.2) is 17.7 Å². The molecule has 216 valence electrons. The summed E-state index contributed by atoms with van der Waals surface area (Å²) in [4.78, 5) is 8.84. The number of likely N-dealkylation sites (N-methyl/N-ethyl adjacent to an activating group) is 1. The van der Waals surface area contributed by atoms with Gasteiger partial charge in [0.2, 0.25) is 5.13 Å². The van der Waals surface area contributed by atoms with Crippen LogP contribution < -0.4 is 18.7 Å². The minimum atomic E-state index is -4.05. The first-order valence-corrected chi connectivity index (χ1v) is 15.7. The average Bonchev–Trinajstić information content (AvgIpc) is 3.69. The molecular formula is C29H32ClN5O4S2. The van der Waals surface area contributed by atoms with Crippen LogP contribution in [0.4, 0.5) is 10.8 Å². The van der Waals surface area contributed by atoms with E-state index in [1.54, 1.807) is 37.4 Å². The fraction of sp³-hybridized carbons (Fsp3) is 0.310. The Labute approximate surface area is 250 Å². The van der Waals surface area contributed by atoms with Crippen LogP contribution in [0.2, 0.25) is 5.02 Å². The lowest BCUT2D eigenvalue weighted by atomic mass is 10.2. The monoisotopic (exact) mass is 613 g/mol. The topological polar surface area (TPSA) is 88.1 Å². The number of hydrogen-bond donors (Lipinski definition) is 0.